The molecule has 0 saturated carbocycles. The van der Waals surface area contributed by atoms with Crippen LogP contribution in [0.4, 0.5) is 0 Å². The van der Waals surface area contributed by atoms with E-state index in [0.29, 0.717) is 0 Å². The number of hydrogen-bond donors (Lipinski definition) is 0. The molecule has 1 unspecified atom stereocenters. The number of halogens is 1. The highest BCUT2D eigenvalue weighted by Crippen LogP contribution is 2.07. The number of rotatable bonds is 3. The molecular weight excluding hydrogens is 148 g/mol. The van der Waals surface area contributed by atoms with Gasteiger partial charge in [-0.05, 0) is 0 Å². The standard InChI is InChI=1S/C3H6ClO3Si/c1-6-8(2,4)7-3-5/h1-2H3. The molecule has 0 aromatic rings. The van der Waals surface area contributed by atoms with Crippen LogP contribution in [0.3, 0.4) is 0 Å². The Morgan fingerprint density at radius 1 is 1.75 bits per heavy atom. The van der Waals surface area contributed by atoms with Crippen LogP contribution in [0.1, 0.15) is 0 Å². The average Bonchev–Trinajstić information content (AvgIpc) is 1.67. The van der Waals surface area contributed by atoms with Crippen molar-refractivity contribution in [2.45, 2.75) is 6.55 Å². The quantitative estimate of drug-likeness (QED) is 0.438. The fourth-order valence-electron chi connectivity index (χ4n) is 0.116. The molecule has 0 aliphatic rings. The van der Waals surface area contributed by atoms with Gasteiger partial charge in [-0.25, -0.2) is 4.79 Å². The molecule has 0 N–H and O–H groups in total. The molecule has 0 rings (SSSR count). The van der Waals surface area contributed by atoms with Crippen molar-refractivity contribution >= 4 is 25.4 Å². The van der Waals surface area contributed by atoms with Gasteiger partial charge in [0.25, 0.3) is 0 Å². The molecule has 47 valence electrons. The Hall–Kier alpha value is -0.0631. The average molecular weight is 154 g/mol. The topological polar surface area (TPSA) is 35.5 Å². The van der Waals surface area contributed by atoms with Gasteiger partial charge in [0.2, 0.25) is 0 Å². The fourth-order valence-corrected chi connectivity index (χ4v) is 0.443. The van der Waals surface area contributed by atoms with Crippen molar-refractivity contribution in [1.29, 1.82) is 0 Å². The summed E-state index contributed by atoms with van der Waals surface area (Å²) in [4.78, 5) is 9.50. The third-order valence-corrected chi connectivity index (χ3v) is 2.46. The third-order valence-electron chi connectivity index (χ3n) is 0.589. The molecule has 8 heavy (non-hydrogen) atoms. The van der Waals surface area contributed by atoms with Crippen LogP contribution in [0.25, 0.3) is 0 Å². The molecule has 0 bridgehead atoms. The molecule has 0 aromatic heterocycles. The summed E-state index contributed by atoms with van der Waals surface area (Å²) in [5.41, 5.74) is 0. The molecule has 0 fully saturated rings. The van der Waals surface area contributed by atoms with Gasteiger partial charge in [0.15, 0.2) is 0 Å². The van der Waals surface area contributed by atoms with Crippen LogP contribution in [0.15, 0.2) is 0 Å². The van der Waals surface area contributed by atoms with Crippen LogP contribution in [0.2, 0.25) is 6.55 Å². The Labute approximate surface area is 53.5 Å². The smallest absolute Gasteiger partial charge is 0.474 e. The molecule has 1 radical (unpaired) electrons. The van der Waals surface area contributed by atoms with Crippen LogP contribution in [0.5, 0.6) is 0 Å². The SMILES string of the molecule is CO[Si](C)(Cl)O[C]=O. The van der Waals surface area contributed by atoms with Crippen LogP contribution < -0.4 is 0 Å². The van der Waals surface area contributed by atoms with Gasteiger partial charge in [0, 0.05) is 13.7 Å². The second-order valence-electron chi connectivity index (χ2n) is 1.22. The lowest BCUT2D eigenvalue weighted by atomic mass is 11.7. The minimum atomic E-state index is -2.63. The molecule has 0 spiro atoms. The molecule has 0 aromatic carbocycles. The largest absolute Gasteiger partial charge is 0.504 e. The second-order valence-corrected chi connectivity index (χ2v) is 5.57. The zero-order valence-corrected chi connectivity index (χ0v) is 6.36. The molecular formula is C3H6ClO3Si. The number of carbonyl (C=O) groups excluding carboxylic acids is 1. The van der Waals surface area contributed by atoms with E-state index in [2.05, 4.69) is 8.85 Å². The van der Waals surface area contributed by atoms with E-state index >= 15 is 0 Å². The summed E-state index contributed by atoms with van der Waals surface area (Å²) >= 11 is 5.45. The summed E-state index contributed by atoms with van der Waals surface area (Å²) in [6.45, 7) is 2.74. The predicted molar refractivity (Wildman–Crippen MR) is 31.3 cm³/mol. The minimum absolute atomic E-state index is 1.21. The Balaban J connectivity index is 3.53. The molecule has 0 aliphatic heterocycles. The van der Waals surface area contributed by atoms with Gasteiger partial charge in [0.1, 0.15) is 0 Å². The van der Waals surface area contributed by atoms with E-state index in [1.807, 2.05) is 0 Å². The van der Waals surface area contributed by atoms with Crippen molar-refractivity contribution in [2.75, 3.05) is 7.11 Å². The highest BCUT2D eigenvalue weighted by Gasteiger charge is 2.28. The zero-order valence-electron chi connectivity index (χ0n) is 4.60. The monoisotopic (exact) mass is 153 g/mol. The van der Waals surface area contributed by atoms with E-state index < -0.39 is 7.87 Å². The van der Waals surface area contributed by atoms with Crippen LogP contribution in [0, 0.1) is 0 Å². The highest BCUT2D eigenvalue weighted by molar-refractivity contribution is 7.12. The van der Waals surface area contributed by atoms with Crippen LogP contribution >= 0.6 is 11.1 Å². The summed E-state index contributed by atoms with van der Waals surface area (Å²) < 4.78 is 8.85. The summed E-state index contributed by atoms with van der Waals surface area (Å²) in [6, 6.07) is 0. The molecule has 0 amide bonds. The lowest BCUT2D eigenvalue weighted by Gasteiger charge is -2.10. The van der Waals surface area contributed by atoms with Gasteiger partial charge in [-0.2, -0.15) is 0 Å². The first-order valence-corrected chi connectivity index (χ1v) is 5.24. The van der Waals surface area contributed by atoms with Gasteiger partial charge in [-0.3, -0.25) is 0 Å². The van der Waals surface area contributed by atoms with E-state index in [4.69, 9.17) is 11.1 Å². The van der Waals surface area contributed by atoms with Crippen molar-refractivity contribution in [3.63, 3.8) is 0 Å². The van der Waals surface area contributed by atoms with E-state index in [-0.39, 0.29) is 0 Å². The van der Waals surface area contributed by atoms with Gasteiger partial charge in [0.05, 0.1) is 0 Å². The van der Waals surface area contributed by atoms with Gasteiger partial charge >= 0.3 is 14.3 Å². The molecule has 0 heterocycles. The fraction of sp³-hybridized carbons (Fsp3) is 0.667. The van der Waals surface area contributed by atoms with Crippen molar-refractivity contribution in [3.8, 4) is 0 Å². The highest BCUT2D eigenvalue weighted by atomic mass is 35.6. The summed E-state index contributed by atoms with van der Waals surface area (Å²) in [6.07, 6.45) is 0. The van der Waals surface area contributed by atoms with Crippen molar-refractivity contribution in [1.82, 2.24) is 0 Å². The van der Waals surface area contributed by atoms with E-state index in [1.54, 1.807) is 0 Å². The van der Waals surface area contributed by atoms with Crippen molar-refractivity contribution in [2.24, 2.45) is 0 Å². The van der Waals surface area contributed by atoms with E-state index in [9.17, 15) is 4.79 Å². The first kappa shape index (κ1) is 7.94. The van der Waals surface area contributed by atoms with Crippen molar-refractivity contribution in [3.05, 3.63) is 0 Å². The zero-order chi connectivity index (χ0) is 6.62. The van der Waals surface area contributed by atoms with E-state index in [1.165, 1.54) is 20.1 Å². The second kappa shape index (κ2) is 3.06. The van der Waals surface area contributed by atoms with Crippen LogP contribution in [-0.4, -0.2) is 21.5 Å². The Kier molecular flexibility index (Phi) is 3.04. The van der Waals surface area contributed by atoms with Gasteiger partial charge in [-0.1, -0.05) is 11.1 Å². The summed E-state index contributed by atoms with van der Waals surface area (Å²) in [5.74, 6) is 0. The summed E-state index contributed by atoms with van der Waals surface area (Å²) in [5, 5.41) is 0. The van der Waals surface area contributed by atoms with Gasteiger partial charge < -0.3 is 8.85 Å². The Morgan fingerprint density at radius 3 is 2.38 bits per heavy atom. The van der Waals surface area contributed by atoms with Crippen molar-refractivity contribution < 1.29 is 13.6 Å². The lowest BCUT2D eigenvalue weighted by Crippen LogP contribution is -2.29. The van der Waals surface area contributed by atoms with E-state index in [0.717, 1.165) is 0 Å². The predicted octanol–water partition coefficient (Wildman–Crippen LogP) is 0.524. The van der Waals surface area contributed by atoms with Crippen LogP contribution in [-0.2, 0) is 13.6 Å². The molecule has 5 heteroatoms. The Morgan fingerprint density at radius 2 is 2.25 bits per heavy atom. The maximum Gasteiger partial charge on any atom is 0.504 e. The molecule has 0 aliphatic carbocycles. The lowest BCUT2D eigenvalue weighted by molar-refractivity contribution is 0.312. The first-order valence-electron chi connectivity index (χ1n) is 1.91. The normalized spacial score (nSPS) is 16.9. The Bertz CT molecular complexity index is 84.6. The molecule has 0 saturated heterocycles. The first-order chi connectivity index (χ1) is 3.62. The summed E-state index contributed by atoms with van der Waals surface area (Å²) in [7, 11) is -1.24. The number of hydrogen-bond acceptors (Lipinski definition) is 3. The maximum atomic E-state index is 9.50. The molecule has 3 nitrogen and oxygen atoms in total. The minimum Gasteiger partial charge on any atom is -0.474 e. The maximum absolute atomic E-state index is 9.50. The third kappa shape index (κ3) is 3.01. The molecule has 1 atom stereocenters. The van der Waals surface area contributed by atoms with Gasteiger partial charge in [-0.15, -0.1) is 0 Å².